The van der Waals surface area contributed by atoms with E-state index in [1.165, 1.54) is 57.5 Å². The summed E-state index contributed by atoms with van der Waals surface area (Å²) in [6.45, 7) is 3.79. The van der Waals surface area contributed by atoms with E-state index in [1.807, 2.05) is 0 Å². The van der Waals surface area contributed by atoms with Gasteiger partial charge >= 0.3 is 11.9 Å². The summed E-state index contributed by atoms with van der Waals surface area (Å²) >= 11 is 0. The van der Waals surface area contributed by atoms with Crippen LogP contribution in [-0.4, -0.2) is 48.9 Å². The summed E-state index contributed by atoms with van der Waals surface area (Å²) in [5, 5.41) is 2.51. The van der Waals surface area contributed by atoms with Crippen molar-refractivity contribution in [1.29, 1.82) is 0 Å². The molecule has 1 aromatic heterocycles. The molecule has 1 heterocycles. The topological polar surface area (TPSA) is 113 Å². The summed E-state index contributed by atoms with van der Waals surface area (Å²) in [4.78, 5) is 41.0. The molecule has 0 saturated heterocycles. The molecule has 0 aliphatic carbocycles. The molecule has 0 bridgehead atoms. The van der Waals surface area contributed by atoms with Crippen LogP contribution >= 0.6 is 0 Å². The molecule has 0 unspecified atom stereocenters. The molecule has 2 aromatic carbocycles. The zero-order chi connectivity index (χ0) is 28.5. The number of ether oxygens (including phenoxy) is 4. The van der Waals surface area contributed by atoms with Crippen molar-refractivity contribution < 1.29 is 42.1 Å². The molecule has 0 fully saturated rings. The van der Waals surface area contributed by atoms with Crippen molar-refractivity contribution in [2.75, 3.05) is 13.9 Å². The van der Waals surface area contributed by atoms with Crippen molar-refractivity contribution in [3.63, 3.8) is 0 Å². The number of nitrogens with one attached hydrogen (secondary N) is 1. The van der Waals surface area contributed by atoms with Gasteiger partial charge in [-0.3, -0.25) is 9.59 Å². The molecule has 206 valence electrons. The molecule has 3 rings (SSSR count). The minimum absolute atomic E-state index is 0.0830. The minimum atomic E-state index is -1.11. The molecule has 0 aliphatic rings. The van der Waals surface area contributed by atoms with Crippen LogP contribution in [-0.2, 0) is 19.1 Å². The highest BCUT2D eigenvalue weighted by Gasteiger charge is 2.29. The van der Waals surface area contributed by atoms with E-state index in [1.54, 1.807) is 31.2 Å². The Bertz CT molecular complexity index is 1250. The lowest BCUT2D eigenvalue weighted by Crippen LogP contribution is -2.41. The van der Waals surface area contributed by atoms with Crippen LogP contribution < -0.4 is 14.8 Å². The lowest BCUT2D eigenvalue weighted by atomic mass is 9.87. The number of nitrogens with zero attached hydrogens (tertiary/aromatic N) is 1. The first-order valence-corrected chi connectivity index (χ1v) is 11.9. The zero-order valence-electron chi connectivity index (χ0n) is 21.8. The standard InChI is InChI=1S/C28H28F2N2O7/c1-16(32-27(34)25-26(38-15-37-18(3)33)23(36-4)13-14-31-25)28(35)39-17(2)24(19-5-9-21(29)10-6-19)20-7-11-22(30)12-8-20/h5-14,16-17,24H,15H2,1-4H3,(H,32,34)/t16-,17-/m0/s1. The summed E-state index contributed by atoms with van der Waals surface area (Å²) in [7, 11) is 1.36. The second-order valence-corrected chi connectivity index (χ2v) is 8.51. The van der Waals surface area contributed by atoms with Crippen LogP contribution in [0.4, 0.5) is 8.78 Å². The molecular weight excluding hydrogens is 514 g/mol. The average Bonchev–Trinajstić information content (AvgIpc) is 2.90. The molecule has 39 heavy (non-hydrogen) atoms. The number of rotatable bonds is 11. The number of carbonyl (C=O) groups excluding carboxylic acids is 3. The van der Waals surface area contributed by atoms with Gasteiger partial charge in [-0.15, -0.1) is 0 Å². The van der Waals surface area contributed by atoms with E-state index in [-0.39, 0.29) is 17.2 Å². The van der Waals surface area contributed by atoms with Gasteiger partial charge < -0.3 is 24.3 Å². The van der Waals surface area contributed by atoms with Gasteiger partial charge in [0, 0.05) is 25.1 Å². The molecule has 9 nitrogen and oxygen atoms in total. The van der Waals surface area contributed by atoms with Crippen molar-refractivity contribution in [2.24, 2.45) is 0 Å². The van der Waals surface area contributed by atoms with Crippen LogP contribution in [0.2, 0.25) is 0 Å². The maximum atomic E-state index is 13.5. The average molecular weight is 543 g/mol. The van der Waals surface area contributed by atoms with E-state index in [4.69, 9.17) is 18.9 Å². The Labute approximate surface area is 224 Å². The molecule has 2 atom stereocenters. The van der Waals surface area contributed by atoms with Gasteiger partial charge in [-0.25, -0.2) is 18.6 Å². The van der Waals surface area contributed by atoms with Crippen molar-refractivity contribution in [2.45, 2.75) is 38.8 Å². The highest BCUT2D eigenvalue weighted by Crippen LogP contribution is 2.31. The normalized spacial score (nSPS) is 12.3. The van der Waals surface area contributed by atoms with Crippen LogP contribution in [0, 0.1) is 11.6 Å². The van der Waals surface area contributed by atoms with Crippen LogP contribution in [0.1, 0.15) is 48.3 Å². The Morgan fingerprint density at radius 3 is 2.00 bits per heavy atom. The second-order valence-electron chi connectivity index (χ2n) is 8.51. The third-order valence-corrected chi connectivity index (χ3v) is 5.70. The molecule has 1 N–H and O–H groups in total. The number of methoxy groups -OCH3 is 1. The summed E-state index contributed by atoms with van der Waals surface area (Å²) in [5.41, 5.74) is 1.09. The predicted octanol–water partition coefficient (Wildman–Crippen LogP) is 4.15. The fourth-order valence-corrected chi connectivity index (χ4v) is 3.82. The third-order valence-electron chi connectivity index (χ3n) is 5.70. The lowest BCUT2D eigenvalue weighted by Gasteiger charge is -2.26. The maximum absolute atomic E-state index is 13.5. The monoisotopic (exact) mass is 542 g/mol. The zero-order valence-corrected chi connectivity index (χ0v) is 21.8. The highest BCUT2D eigenvalue weighted by atomic mass is 19.1. The van der Waals surface area contributed by atoms with E-state index < -0.39 is 54.3 Å². The fraction of sp³-hybridized carbons (Fsp3) is 0.286. The first-order chi connectivity index (χ1) is 18.6. The van der Waals surface area contributed by atoms with Crippen molar-refractivity contribution in [3.8, 4) is 11.5 Å². The van der Waals surface area contributed by atoms with Gasteiger partial charge in [0.05, 0.1) is 7.11 Å². The fourth-order valence-electron chi connectivity index (χ4n) is 3.82. The number of benzene rings is 2. The largest absolute Gasteiger partial charge is 0.493 e. The van der Waals surface area contributed by atoms with Gasteiger partial charge in [0.15, 0.2) is 17.2 Å². The van der Waals surface area contributed by atoms with Gasteiger partial charge in [0.1, 0.15) is 23.8 Å². The molecule has 0 spiro atoms. The Kier molecular flexibility index (Phi) is 9.91. The van der Waals surface area contributed by atoms with E-state index in [2.05, 4.69) is 10.3 Å². The van der Waals surface area contributed by atoms with Crippen molar-refractivity contribution >= 4 is 17.8 Å². The number of hydrogen-bond donors (Lipinski definition) is 1. The molecule has 0 aliphatic heterocycles. The Balaban J connectivity index is 1.75. The molecule has 0 radical (unpaired) electrons. The van der Waals surface area contributed by atoms with Gasteiger partial charge in [-0.05, 0) is 49.2 Å². The molecular formula is C28H28F2N2O7. The molecule has 0 saturated carbocycles. The summed E-state index contributed by atoms with van der Waals surface area (Å²) < 4.78 is 48.1. The summed E-state index contributed by atoms with van der Waals surface area (Å²) in [6.07, 6.45) is 0.540. The summed E-state index contributed by atoms with van der Waals surface area (Å²) in [5.74, 6) is -3.44. The van der Waals surface area contributed by atoms with Crippen molar-refractivity contribution in [1.82, 2.24) is 10.3 Å². The Morgan fingerprint density at radius 2 is 1.49 bits per heavy atom. The Morgan fingerprint density at radius 1 is 0.923 bits per heavy atom. The van der Waals surface area contributed by atoms with E-state index in [0.717, 1.165) is 0 Å². The SMILES string of the molecule is COc1ccnc(C(=O)N[C@@H](C)C(=O)O[C@@H](C)C(c2ccc(F)cc2)c2ccc(F)cc2)c1OCOC(C)=O. The highest BCUT2D eigenvalue weighted by molar-refractivity contribution is 5.98. The van der Waals surface area contributed by atoms with Gasteiger partial charge in [-0.2, -0.15) is 0 Å². The van der Waals surface area contributed by atoms with E-state index in [9.17, 15) is 23.2 Å². The summed E-state index contributed by atoms with van der Waals surface area (Å²) in [6, 6.07) is 11.7. The number of esters is 2. The van der Waals surface area contributed by atoms with Crippen LogP contribution in [0.25, 0.3) is 0 Å². The van der Waals surface area contributed by atoms with E-state index >= 15 is 0 Å². The first kappa shape index (κ1) is 29.0. The number of pyridine rings is 1. The Hall–Kier alpha value is -4.54. The van der Waals surface area contributed by atoms with Crippen LogP contribution in [0.15, 0.2) is 60.8 Å². The van der Waals surface area contributed by atoms with Gasteiger partial charge in [0.25, 0.3) is 5.91 Å². The molecule has 11 heteroatoms. The number of hydrogen-bond acceptors (Lipinski definition) is 8. The van der Waals surface area contributed by atoms with Crippen molar-refractivity contribution in [3.05, 3.63) is 89.2 Å². The number of aromatic nitrogens is 1. The number of amides is 1. The molecule has 1 amide bonds. The molecule has 3 aromatic rings. The number of halogens is 2. The smallest absolute Gasteiger partial charge is 0.328 e. The third kappa shape index (κ3) is 7.73. The van der Waals surface area contributed by atoms with Gasteiger partial charge in [-0.1, -0.05) is 24.3 Å². The number of carbonyl (C=O) groups is 3. The van der Waals surface area contributed by atoms with Crippen LogP contribution in [0.3, 0.4) is 0 Å². The quantitative estimate of drug-likeness (QED) is 0.284. The second kappa shape index (κ2) is 13.3. The minimum Gasteiger partial charge on any atom is -0.493 e. The first-order valence-electron chi connectivity index (χ1n) is 11.9. The van der Waals surface area contributed by atoms with Gasteiger partial charge in [0.2, 0.25) is 6.79 Å². The lowest BCUT2D eigenvalue weighted by molar-refractivity contribution is -0.151. The van der Waals surface area contributed by atoms with Crippen LogP contribution in [0.5, 0.6) is 11.5 Å². The predicted molar refractivity (Wildman–Crippen MR) is 135 cm³/mol. The van der Waals surface area contributed by atoms with E-state index in [0.29, 0.717) is 11.1 Å². The maximum Gasteiger partial charge on any atom is 0.328 e.